The van der Waals surface area contributed by atoms with E-state index in [1.54, 1.807) is 0 Å². The highest BCUT2D eigenvalue weighted by atomic mass is 16.2. The zero-order valence-corrected chi connectivity index (χ0v) is 13.7. The number of aryl methyl sites for hydroxylation is 2. The SMILES string of the molecule is Cc1cc(C)n(CC(=O)N2CCCC(CNC(C)C)C2)n1. The smallest absolute Gasteiger partial charge is 0.244 e. The molecule has 1 aliphatic rings. The summed E-state index contributed by atoms with van der Waals surface area (Å²) in [6, 6.07) is 2.52. The normalized spacial score (nSPS) is 19.3. The first-order valence-electron chi connectivity index (χ1n) is 7.98. The molecule has 2 rings (SSSR count). The monoisotopic (exact) mass is 292 g/mol. The van der Waals surface area contributed by atoms with Gasteiger partial charge in [-0.25, -0.2) is 0 Å². The van der Waals surface area contributed by atoms with Gasteiger partial charge in [0.15, 0.2) is 0 Å². The van der Waals surface area contributed by atoms with E-state index in [-0.39, 0.29) is 5.91 Å². The Morgan fingerprint density at radius 3 is 2.86 bits per heavy atom. The Morgan fingerprint density at radius 1 is 1.48 bits per heavy atom. The van der Waals surface area contributed by atoms with Crippen LogP contribution >= 0.6 is 0 Å². The number of carbonyl (C=O) groups is 1. The average molecular weight is 292 g/mol. The number of carbonyl (C=O) groups excluding carboxylic acids is 1. The van der Waals surface area contributed by atoms with Crippen molar-refractivity contribution in [2.24, 2.45) is 5.92 Å². The number of piperidine rings is 1. The number of nitrogens with one attached hydrogen (secondary N) is 1. The van der Waals surface area contributed by atoms with E-state index >= 15 is 0 Å². The average Bonchev–Trinajstić information content (AvgIpc) is 2.75. The second-order valence-corrected chi connectivity index (χ2v) is 6.50. The van der Waals surface area contributed by atoms with Crippen molar-refractivity contribution in [3.05, 3.63) is 17.5 Å². The predicted octanol–water partition coefficient (Wildman–Crippen LogP) is 1.74. The van der Waals surface area contributed by atoms with Gasteiger partial charge in [-0.05, 0) is 45.2 Å². The molecule has 0 aliphatic carbocycles. The van der Waals surface area contributed by atoms with E-state index in [1.165, 1.54) is 6.42 Å². The van der Waals surface area contributed by atoms with Crippen LogP contribution in [0.5, 0.6) is 0 Å². The zero-order chi connectivity index (χ0) is 15.4. The van der Waals surface area contributed by atoms with E-state index in [0.717, 1.165) is 37.4 Å². The Kier molecular flexibility index (Phi) is 5.39. The molecule has 2 heterocycles. The van der Waals surface area contributed by atoms with Gasteiger partial charge in [-0.3, -0.25) is 9.48 Å². The molecule has 0 spiro atoms. The maximum absolute atomic E-state index is 12.5. The molecule has 1 aromatic rings. The number of nitrogens with zero attached hydrogens (tertiary/aromatic N) is 3. The maximum atomic E-state index is 12.5. The fourth-order valence-electron chi connectivity index (χ4n) is 2.92. The van der Waals surface area contributed by atoms with E-state index in [0.29, 0.717) is 18.5 Å². The molecule has 0 bridgehead atoms. The van der Waals surface area contributed by atoms with Crippen molar-refractivity contribution < 1.29 is 4.79 Å². The Morgan fingerprint density at radius 2 is 2.24 bits per heavy atom. The van der Waals surface area contributed by atoms with Crippen LogP contribution in [0.4, 0.5) is 0 Å². The van der Waals surface area contributed by atoms with Gasteiger partial charge in [0.05, 0.1) is 5.69 Å². The van der Waals surface area contributed by atoms with Crippen LogP contribution in [-0.2, 0) is 11.3 Å². The van der Waals surface area contributed by atoms with Crippen molar-refractivity contribution in [1.82, 2.24) is 20.0 Å². The minimum atomic E-state index is 0.190. The van der Waals surface area contributed by atoms with Crippen LogP contribution in [-0.4, -0.2) is 46.3 Å². The van der Waals surface area contributed by atoms with Crippen molar-refractivity contribution in [2.75, 3.05) is 19.6 Å². The molecule has 0 aromatic carbocycles. The molecule has 118 valence electrons. The summed E-state index contributed by atoms with van der Waals surface area (Å²) in [7, 11) is 0. The Hall–Kier alpha value is -1.36. The van der Waals surface area contributed by atoms with Crippen LogP contribution in [0.15, 0.2) is 6.07 Å². The van der Waals surface area contributed by atoms with Gasteiger partial charge >= 0.3 is 0 Å². The number of hydrogen-bond acceptors (Lipinski definition) is 3. The van der Waals surface area contributed by atoms with Gasteiger partial charge in [-0.1, -0.05) is 13.8 Å². The molecule has 1 amide bonds. The highest BCUT2D eigenvalue weighted by molar-refractivity contribution is 5.76. The van der Waals surface area contributed by atoms with E-state index in [4.69, 9.17) is 0 Å². The molecule has 1 fully saturated rings. The third-order valence-corrected chi connectivity index (χ3v) is 4.07. The predicted molar refractivity (Wildman–Crippen MR) is 84.1 cm³/mol. The number of aromatic nitrogens is 2. The van der Waals surface area contributed by atoms with Crippen LogP contribution in [0.1, 0.15) is 38.1 Å². The van der Waals surface area contributed by atoms with Crippen LogP contribution < -0.4 is 5.32 Å². The van der Waals surface area contributed by atoms with Crippen molar-refractivity contribution in [3.8, 4) is 0 Å². The first kappa shape index (κ1) is 16.0. The first-order chi connectivity index (χ1) is 9.95. The van der Waals surface area contributed by atoms with Gasteiger partial charge < -0.3 is 10.2 Å². The maximum Gasteiger partial charge on any atom is 0.244 e. The first-order valence-corrected chi connectivity index (χ1v) is 7.98. The van der Waals surface area contributed by atoms with Gasteiger partial charge in [0.25, 0.3) is 0 Å². The summed E-state index contributed by atoms with van der Waals surface area (Å²) in [5.74, 6) is 0.765. The highest BCUT2D eigenvalue weighted by Gasteiger charge is 2.24. The lowest BCUT2D eigenvalue weighted by molar-refractivity contribution is -0.133. The molecule has 1 N–H and O–H groups in total. The molecular weight excluding hydrogens is 264 g/mol. The second kappa shape index (κ2) is 7.07. The molecule has 0 saturated carbocycles. The van der Waals surface area contributed by atoms with E-state index in [2.05, 4.69) is 24.3 Å². The zero-order valence-electron chi connectivity index (χ0n) is 13.7. The molecule has 1 aromatic heterocycles. The van der Waals surface area contributed by atoms with E-state index < -0.39 is 0 Å². The Bertz CT molecular complexity index is 481. The fraction of sp³-hybridized carbons (Fsp3) is 0.750. The van der Waals surface area contributed by atoms with Gasteiger partial charge in [0.1, 0.15) is 6.54 Å². The number of rotatable bonds is 5. The molecule has 1 unspecified atom stereocenters. The molecule has 0 radical (unpaired) electrons. The largest absolute Gasteiger partial charge is 0.341 e. The van der Waals surface area contributed by atoms with Crippen molar-refractivity contribution in [3.63, 3.8) is 0 Å². The molecule has 1 atom stereocenters. The van der Waals surface area contributed by atoms with E-state index in [1.807, 2.05) is 29.5 Å². The highest BCUT2D eigenvalue weighted by Crippen LogP contribution is 2.16. The molecule has 21 heavy (non-hydrogen) atoms. The fourth-order valence-corrected chi connectivity index (χ4v) is 2.92. The molecule has 1 saturated heterocycles. The Labute approximate surface area is 127 Å². The standard InChI is InChI=1S/C16H28N4O/c1-12(2)17-9-15-6-5-7-19(10-15)16(21)11-20-14(4)8-13(3)18-20/h8,12,15,17H,5-7,9-11H2,1-4H3. The van der Waals surface area contributed by atoms with Crippen molar-refractivity contribution >= 4 is 5.91 Å². The lowest BCUT2D eigenvalue weighted by atomic mass is 9.97. The van der Waals surface area contributed by atoms with Crippen LogP contribution in [0.25, 0.3) is 0 Å². The van der Waals surface area contributed by atoms with Gasteiger partial charge in [-0.15, -0.1) is 0 Å². The van der Waals surface area contributed by atoms with Gasteiger partial charge in [-0.2, -0.15) is 5.10 Å². The summed E-state index contributed by atoms with van der Waals surface area (Å²) in [4.78, 5) is 14.5. The van der Waals surface area contributed by atoms with Crippen molar-refractivity contribution in [1.29, 1.82) is 0 Å². The quantitative estimate of drug-likeness (QED) is 0.899. The summed E-state index contributed by atoms with van der Waals surface area (Å²) in [5.41, 5.74) is 2.02. The summed E-state index contributed by atoms with van der Waals surface area (Å²) < 4.78 is 1.81. The van der Waals surface area contributed by atoms with Gasteiger partial charge in [0, 0.05) is 24.8 Å². The van der Waals surface area contributed by atoms with Gasteiger partial charge in [0.2, 0.25) is 5.91 Å². The number of hydrogen-bond donors (Lipinski definition) is 1. The summed E-state index contributed by atoms with van der Waals surface area (Å²) in [6.07, 6.45) is 2.32. The number of likely N-dealkylation sites (tertiary alicyclic amines) is 1. The van der Waals surface area contributed by atoms with Crippen LogP contribution in [0.2, 0.25) is 0 Å². The second-order valence-electron chi connectivity index (χ2n) is 6.50. The van der Waals surface area contributed by atoms with E-state index in [9.17, 15) is 4.79 Å². The third kappa shape index (κ3) is 4.56. The summed E-state index contributed by atoms with van der Waals surface area (Å²) >= 11 is 0. The molecule has 5 heteroatoms. The summed E-state index contributed by atoms with van der Waals surface area (Å²) in [5, 5.41) is 7.86. The summed E-state index contributed by atoms with van der Waals surface area (Å²) in [6.45, 7) is 11.4. The lowest BCUT2D eigenvalue weighted by Gasteiger charge is -2.33. The molecular formula is C16H28N4O. The minimum absolute atomic E-state index is 0.190. The minimum Gasteiger partial charge on any atom is -0.341 e. The van der Waals surface area contributed by atoms with Crippen molar-refractivity contribution in [2.45, 2.75) is 53.1 Å². The van der Waals surface area contributed by atoms with Crippen LogP contribution in [0, 0.1) is 19.8 Å². The lowest BCUT2D eigenvalue weighted by Crippen LogP contribution is -2.45. The number of amides is 1. The molecule has 5 nitrogen and oxygen atoms in total. The Balaban J connectivity index is 1.88. The van der Waals surface area contributed by atoms with Crippen LogP contribution in [0.3, 0.4) is 0 Å². The topological polar surface area (TPSA) is 50.2 Å². The molecule has 1 aliphatic heterocycles. The third-order valence-electron chi connectivity index (χ3n) is 4.07.